The highest BCUT2D eigenvalue weighted by molar-refractivity contribution is 7.90. The van der Waals surface area contributed by atoms with E-state index in [-0.39, 0.29) is 6.42 Å². The van der Waals surface area contributed by atoms with Crippen LogP contribution in [-0.4, -0.2) is 37.6 Å². The molecule has 2 aromatic rings. The molecule has 0 aliphatic carbocycles. The molecule has 1 aliphatic heterocycles. The van der Waals surface area contributed by atoms with Crippen LogP contribution in [0, 0.1) is 0 Å². The van der Waals surface area contributed by atoms with Crippen LogP contribution in [0.2, 0.25) is 0 Å². The molecule has 8 heteroatoms. The van der Waals surface area contributed by atoms with Gasteiger partial charge in [-0.2, -0.15) is 0 Å². The summed E-state index contributed by atoms with van der Waals surface area (Å²) < 4.78 is 26.5. The van der Waals surface area contributed by atoms with Crippen LogP contribution in [0.25, 0.3) is 10.6 Å². The zero-order chi connectivity index (χ0) is 18.7. The zero-order valence-electron chi connectivity index (χ0n) is 14.9. The Bertz CT molecular complexity index is 867. The maximum Gasteiger partial charge on any atom is 0.239 e. The number of rotatable bonds is 6. The highest BCUT2D eigenvalue weighted by Gasteiger charge is 2.30. The lowest BCUT2D eigenvalue weighted by Gasteiger charge is -2.11. The molecule has 0 radical (unpaired) electrons. The van der Waals surface area contributed by atoms with E-state index in [9.17, 15) is 13.2 Å². The van der Waals surface area contributed by atoms with Crippen LogP contribution < -0.4 is 10.0 Å². The molecule has 140 valence electrons. The third-order valence-electron chi connectivity index (χ3n) is 4.43. The Labute approximate surface area is 158 Å². The van der Waals surface area contributed by atoms with Crippen molar-refractivity contribution in [1.29, 1.82) is 0 Å². The van der Waals surface area contributed by atoms with E-state index in [1.807, 2.05) is 12.1 Å². The number of sulfonamides is 1. The van der Waals surface area contributed by atoms with Gasteiger partial charge in [-0.1, -0.05) is 38.1 Å². The molecule has 0 spiro atoms. The molecule has 1 amide bonds. The second-order valence-corrected chi connectivity index (χ2v) is 9.60. The molecule has 1 aliphatic rings. The lowest BCUT2D eigenvalue weighted by atomic mass is 10.0. The van der Waals surface area contributed by atoms with Gasteiger partial charge < -0.3 is 5.32 Å². The summed E-state index contributed by atoms with van der Waals surface area (Å²) in [5, 5.41) is 5.07. The van der Waals surface area contributed by atoms with E-state index in [4.69, 9.17) is 0 Å². The number of aromatic nitrogens is 1. The summed E-state index contributed by atoms with van der Waals surface area (Å²) in [5.74, 6) is -0.0690. The summed E-state index contributed by atoms with van der Waals surface area (Å²) in [5.41, 5.74) is 2.84. The smallest absolute Gasteiger partial charge is 0.239 e. The Balaban J connectivity index is 1.63. The van der Waals surface area contributed by atoms with Gasteiger partial charge in [0.15, 0.2) is 0 Å². The van der Waals surface area contributed by atoms with Gasteiger partial charge in [-0.25, -0.2) is 13.4 Å². The quantitative estimate of drug-likeness (QED) is 0.786. The largest absolute Gasteiger partial charge is 0.315 e. The molecule has 6 nitrogen and oxygen atoms in total. The minimum absolute atomic E-state index is 0.0417. The molecule has 2 heterocycles. The number of nitrogens with zero attached hydrogens (tertiary/aromatic N) is 1. The second kappa shape index (κ2) is 7.85. The van der Waals surface area contributed by atoms with Crippen molar-refractivity contribution in [3.63, 3.8) is 0 Å². The molecule has 26 heavy (non-hydrogen) atoms. The van der Waals surface area contributed by atoms with Crippen molar-refractivity contribution in [2.24, 2.45) is 0 Å². The standard InChI is InChI=1S/C18H23N3O3S2/c1-12(2)13-3-5-14(6-4-13)18-20-15(11-25-18)9-17(22)21-26(23,24)16-7-8-19-10-16/h3-6,11-12,16,19H,7-10H2,1-2H3,(H,21,22). The number of hydrogen-bond acceptors (Lipinski definition) is 6. The fraction of sp³-hybridized carbons (Fsp3) is 0.444. The van der Waals surface area contributed by atoms with E-state index in [1.54, 1.807) is 5.38 Å². The molecule has 1 aromatic carbocycles. The number of carbonyl (C=O) groups excluding carboxylic acids is 1. The van der Waals surface area contributed by atoms with Gasteiger partial charge in [-0.3, -0.25) is 9.52 Å². The zero-order valence-corrected chi connectivity index (χ0v) is 16.5. The number of benzene rings is 1. The van der Waals surface area contributed by atoms with Gasteiger partial charge in [0.25, 0.3) is 0 Å². The van der Waals surface area contributed by atoms with Crippen LogP contribution in [0.3, 0.4) is 0 Å². The predicted octanol–water partition coefficient (Wildman–Crippen LogP) is 2.28. The van der Waals surface area contributed by atoms with Gasteiger partial charge in [0, 0.05) is 17.5 Å². The first-order valence-corrected chi connectivity index (χ1v) is 11.1. The van der Waals surface area contributed by atoms with Crippen molar-refractivity contribution < 1.29 is 13.2 Å². The number of hydrogen-bond donors (Lipinski definition) is 2. The second-order valence-electron chi connectivity index (χ2n) is 6.78. The predicted molar refractivity (Wildman–Crippen MR) is 104 cm³/mol. The van der Waals surface area contributed by atoms with Crippen LogP contribution in [0.5, 0.6) is 0 Å². The molecule has 1 atom stereocenters. The molecular weight excluding hydrogens is 370 g/mol. The normalized spacial score (nSPS) is 17.6. The fourth-order valence-electron chi connectivity index (χ4n) is 2.87. The van der Waals surface area contributed by atoms with E-state index in [2.05, 4.69) is 41.0 Å². The Hall–Kier alpha value is -1.77. The van der Waals surface area contributed by atoms with Crippen molar-refractivity contribution in [2.45, 2.75) is 37.9 Å². The number of thiazole rings is 1. The highest BCUT2D eigenvalue weighted by atomic mass is 32.2. The van der Waals surface area contributed by atoms with E-state index in [0.29, 0.717) is 31.1 Å². The van der Waals surface area contributed by atoms with Gasteiger partial charge in [0.05, 0.1) is 17.4 Å². The van der Waals surface area contributed by atoms with Crippen LogP contribution in [-0.2, 0) is 21.2 Å². The molecule has 2 N–H and O–H groups in total. The van der Waals surface area contributed by atoms with Crippen molar-refractivity contribution >= 4 is 27.3 Å². The molecule has 0 bridgehead atoms. The van der Waals surface area contributed by atoms with Crippen molar-refractivity contribution in [1.82, 2.24) is 15.0 Å². The van der Waals surface area contributed by atoms with Crippen LogP contribution in [0.1, 0.15) is 37.4 Å². The molecule has 1 fully saturated rings. The number of amides is 1. The minimum atomic E-state index is -3.62. The average Bonchev–Trinajstić information content (AvgIpc) is 3.26. The van der Waals surface area contributed by atoms with E-state index < -0.39 is 21.2 Å². The molecule has 0 saturated carbocycles. The first kappa shape index (κ1) is 19.0. The molecule has 3 rings (SSSR count). The van der Waals surface area contributed by atoms with Crippen LogP contribution >= 0.6 is 11.3 Å². The average molecular weight is 394 g/mol. The summed E-state index contributed by atoms with van der Waals surface area (Å²) in [6.07, 6.45) is 0.482. The summed E-state index contributed by atoms with van der Waals surface area (Å²) in [4.78, 5) is 16.6. The number of nitrogens with one attached hydrogen (secondary N) is 2. The summed E-state index contributed by atoms with van der Waals surface area (Å²) in [7, 11) is -3.62. The minimum Gasteiger partial charge on any atom is -0.315 e. The van der Waals surface area contributed by atoms with Crippen molar-refractivity contribution in [2.75, 3.05) is 13.1 Å². The molecule has 1 aromatic heterocycles. The molecule has 1 unspecified atom stereocenters. The summed E-state index contributed by atoms with van der Waals surface area (Å²) in [6, 6.07) is 8.21. The summed E-state index contributed by atoms with van der Waals surface area (Å²) >= 11 is 1.45. The van der Waals surface area contributed by atoms with Gasteiger partial charge in [0.2, 0.25) is 15.9 Å². The molecule has 1 saturated heterocycles. The van der Waals surface area contributed by atoms with Gasteiger partial charge in [-0.15, -0.1) is 11.3 Å². The fourth-order valence-corrected chi connectivity index (χ4v) is 5.01. The van der Waals surface area contributed by atoms with Crippen molar-refractivity contribution in [3.8, 4) is 10.6 Å². The van der Waals surface area contributed by atoms with Gasteiger partial charge in [-0.05, 0) is 24.4 Å². The third-order valence-corrected chi connectivity index (χ3v) is 7.16. The Morgan fingerprint density at radius 2 is 2.08 bits per heavy atom. The maximum atomic E-state index is 12.2. The SMILES string of the molecule is CC(C)c1ccc(-c2nc(CC(=O)NS(=O)(=O)C3CCNC3)cs2)cc1. The first-order valence-electron chi connectivity index (χ1n) is 8.65. The maximum absolute atomic E-state index is 12.2. The molecular formula is C18H23N3O3S2. The Kier molecular flexibility index (Phi) is 5.74. The van der Waals surface area contributed by atoms with E-state index in [0.717, 1.165) is 10.6 Å². The van der Waals surface area contributed by atoms with Crippen molar-refractivity contribution in [3.05, 3.63) is 40.9 Å². The van der Waals surface area contributed by atoms with E-state index >= 15 is 0 Å². The van der Waals surface area contributed by atoms with E-state index in [1.165, 1.54) is 16.9 Å². The number of carbonyl (C=O) groups is 1. The third kappa shape index (κ3) is 4.49. The van der Waals surface area contributed by atoms with Crippen LogP contribution in [0.15, 0.2) is 29.6 Å². The van der Waals surface area contributed by atoms with Gasteiger partial charge >= 0.3 is 0 Å². The monoisotopic (exact) mass is 393 g/mol. The lowest BCUT2D eigenvalue weighted by molar-refractivity contribution is -0.118. The van der Waals surface area contributed by atoms with Gasteiger partial charge in [0.1, 0.15) is 5.01 Å². The summed E-state index contributed by atoms with van der Waals surface area (Å²) in [6.45, 7) is 5.33. The Morgan fingerprint density at radius 1 is 1.35 bits per heavy atom. The first-order chi connectivity index (χ1) is 12.3. The van der Waals surface area contributed by atoms with Crippen LogP contribution in [0.4, 0.5) is 0 Å². The lowest BCUT2D eigenvalue weighted by Crippen LogP contribution is -2.40. The highest BCUT2D eigenvalue weighted by Crippen LogP contribution is 2.26. The Morgan fingerprint density at radius 3 is 2.69 bits per heavy atom. The topological polar surface area (TPSA) is 88.2 Å².